The maximum absolute atomic E-state index is 12.8. The number of nitrogens with zero attached hydrogens (tertiary/aromatic N) is 1. The van der Waals surface area contributed by atoms with Crippen LogP contribution in [0.25, 0.3) is 0 Å². The Hall–Kier alpha value is -1.43. The molecule has 1 N–H and O–H groups in total. The number of carbonyl (C=O) groups is 1. The average Bonchev–Trinajstić information content (AvgIpc) is 2.68. The molecular formula is C21H26N2OS2. The molecule has 0 unspecified atom stereocenters. The van der Waals surface area contributed by atoms with Crippen LogP contribution in [-0.2, 0) is 0 Å². The van der Waals surface area contributed by atoms with Gasteiger partial charge in [0.25, 0.3) is 5.91 Å². The lowest BCUT2D eigenvalue weighted by atomic mass is 10.1. The Morgan fingerprint density at radius 1 is 1.08 bits per heavy atom. The van der Waals surface area contributed by atoms with E-state index in [0.717, 1.165) is 17.7 Å². The third kappa shape index (κ3) is 5.29. The summed E-state index contributed by atoms with van der Waals surface area (Å²) in [5.74, 6) is 2.43. The smallest absolute Gasteiger partial charge is 0.251 e. The molecule has 0 radical (unpaired) electrons. The van der Waals surface area contributed by atoms with Crippen molar-refractivity contribution in [2.75, 3.05) is 32.1 Å². The van der Waals surface area contributed by atoms with Crippen molar-refractivity contribution in [1.29, 1.82) is 0 Å². The number of thioether (sulfide) groups is 2. The highest BCUT2D eigenvalue weighted by atomic mass is 32.2. The minimum atomic E-state index is -0.0252. The monoisotopic (exact) mass is 386 g/mol. The predicted molar refractivity (Wildman–Crippen MR) is 114 cm³/mol. The molecular weight excluding hydrogens is 360 g/mol. The Labute approximate surface area is 164 Å². The first-order valence-corrected chi connectivity index (χ1v) is 11.1. The maximum Gasteiger partial charge on any atom is 0.251 e. The zero-order valence-corrected chi connectivity index (χ0v) is 17.0. The second kappa shape index (κ2) is 9.49. The van der Waals surface area contributed by atoms with Crippen LogP contribution in [-0.4, -0.2) is 43.0 Å². The fourth-order valence-corrected chi connectivity index (χ4v) is 5.89. The number of amides is 1. The van der Waals surface area contributed by atoms with E-state index in [0.29, 0.717) is 4.58 Å². The van der Waals surface area contributed by atoms with Gasteiger partial charge in [-0.25, -0.2) is 0 Å². The minimum Gasteiger partial charge on any atom is -0.344 e. The van der Waals surface area contributed by atoms with E-state index >= 15 is 0 Å². The molecule has 2 aromatic rings. The number of nitrogens with one attached hydrogen (secondary N) is 1. The normalized spacial score (nSPS) is 16.4. The number of carbonyl (C=O) groups excluding carboxylic acids is 1. The number of rotatable bonds is 6. The molecule has 1 aliphatic heterocycles. The Morgan fingerprint density at radius 2 is 1.73 bits per heavy atom. The van der Waals surface area contributed by atoms with E-state index in [4.69, 9.17) is 0 Å². The van der Waals surface area contributed by atoms with Crippen molar-refractivity contribution < 1.29 is 4.79 Å². The summed E-state index contributed by atoms with van der Waals surface area (Å²) < 4.78 is 0.506. The molecule has 1 amide bonds. The second-order valence-electron chi connectivity index (χ2n) is 6.75. The van der Waals surface area contributed by atoms with Gasteiger partial charge in [0.05, 0.1) is 10.6 Å². The maximum atomic E-state index is 12.8. The molecule has 2 aromatic carbocycles. The molecule has 1 fully saturated rings. The fraction of sp³-hybridized carbons (Fsp3) is 0.381. The topological polar surface area (TPSA) is 32.3 Å². The lowest BCUT2D eigenvalue weighted by Crippen LogP contribution is -2.35. The van der Waals surface area contributed by atoms with Crippen molar-refractivity contribution >= 4 is 29.4 Å². The lowest BCUT2D eigenvalue weighted by Gasteiger charge is -2.23. The van der Waals surface area contributed by atoms with Gasteiger partial charge >= 0.3 is 0 Å². The van der Waals surface area contributed by atoms with E-state index in [1.54, 1.807) is 0 Å². The molecule has 1 atom stereocenters. The highest BCUT2D eigenvalue weighted by Crippen LogP contribution is 2.43. The van der Waals surface area contributed by atoms with Crippen LogP contribution >= 0.6 is 23.5 Å². The Kier molecular flexibility index (Phi) is 7.06. The van der Waals surface area contributed by atoms with E-state index in [2.05, 4.69) is 34.5 Å². The summed E-state index contributed by atoms with van der Waals surface area (Å²) in [6.07, 6.45) is 1.29. The van der Waals surface area contributed by atoms with Crippen molar-refractivity contribution in [2.45, 2.75) is 17.0 Å². The van der Waals surface area contributed by atoms with Gasteiger partial charge in [-0.1, -0.05) is 42.5 Å². The number of likely N-dealkylation sites (N-methyl/N-ethyl adjacent to an activating group) is 1. The van der Waals surface area contributed by atoms with E-state index in [1.165, 1.54) is 23.5 Å². The van der Waals surface area contributed by atoms with Crippen LogP contribution in [0.1, 0.15) is 38.5 Å². The molecule has 1 heterocycles. The largest absolute Gasteiger partial charge is 0.344 e. The first kappa shape index (κ1) is 19.3. The number of hydrogen-bond acceptors (Lipinski definition) is 4. The molecule has 0 saturated carbocycles. The zero-order chi connectivity index (χ0) is 18.4. The molecule has 1 saturated heterocycles. The molecule has 0 bridgehead atoms. The molecule has 1 aliphatic rings. The SMILES string of the molecule is CN(C)C[C@H](NC(=O)c1ccc(C2SCCCS2)cc1)c1ccccc1. The molecule has 3 rings (SSSR count). The highest BCUT2D eigenvalue weighted by molar-refractivity contribution is 8.16. The molecule has 0 aliphatic carbocycles. The van der Waals surface area contributed by atoms with Gasteiger partial charge in [-0.3, -0.25) is 4.79 Å². The van der Waals surface area contributed by atoms with Crippen LogP contribution in [0.3, 0.4) is 0 Å². The van der Waals surface area contributed by atoms with Gasteiger partial charge in [-0.05, 0) is 55.3 Å². The molecule has 26 heavy (non-hydrogen) atoms. The third-order valence-corrected chi connectivity index (χ3v) is 7.34. The second-order valence-corrected chi connectivity index (χ2v) is 9.47. The van der Waals surface area contributed by atoms with E-state index < -0.39 is 0 Å². The highest BCUT2D eigenvalue weighted by Gasteiger charge is 2.19. The summed E-state index contributed by atoms with van der Waals surface area (Å²) in [5, 5.41) is 3.19. The van der Waals surface area contributed by atoms with Crippen LogP contribution < -0.4 is 5.32 Å². The summed E-state index contributed by atoms with van der Waals surface area (Å²) in [4.78, 5) is 14.9. The lowest BCUT2D eigenvalue weighted by molar-refractivity contribution is 0.0930. The summed E-state index contributed by atoms with van der Waals surface area (Å²) in [5.41, 5.74) is 3.16. The van der Waals surface area contributed by atoms with Gasteiger partial charge in [-0.2, -0.15) is 0 Å². The van der Waals surface area contributed by atoms with Crippen LogP contribution in [0.2, 0.25) is 0 Å². The third-order valence-electron chi connectivity index (χ3n) is 4.33. The van der Waals surface area contributed by atoms with Crippen LogP contribution in [0.15, 0.2) is 54.6 Å². The first-order chi connectivity index (χ1) is 12.6. The van der Waals surface area contributed by atoms with Crippen molar-refractivity contribution in [2.24, 2.45) is 0 Å². The van der Waals surface area contributed by atoms with Crippen LogP contribution in [0.5, 0.6) is 0 Å². The van der Waals surface area contributed by atoms with Gasteiger partial charge in [0.2, 0.25) is 0 Å². The molecule has 0 aromatic heterocycles. The summed E-state index contributed by atoms with van der Waals surface area (Å²) in [7, 11) is 4.05. The Bertz CT molecular complexity index is 698. The standard InChI is InChI=1S/C21H26N2OS2/c1-23(2)15-19(16-7-4-3-5-8-16)22-20(24)17-9-11-18(12-10-17)21-25-13-6-14-26-21/h3-5,7-12,19,21H,6,13-15H2,1-2H3,(H,22,24)/t19-/m0/s1. The van der Waals surface area contributed by atoms with Crippen molar-refractivity contribution in [3.05, 3.63) is 71.3 Å². The number of hydrogen-bond donors (Lipinski definition) is 1. The summed E-state index contributed by atoms with van der Waals surface area (Å²) in [6, 6.07) is 18.3. The van der Waals surface area contributed by atoms with Gasteiger partial charge < -0.3 is 10.2 Å². The minimum absolute atomic E-state index is 0.0174. The van der Waals surface area contributed by atoms with Gasteiger partial charge in [0.15, 0.2) is 0 Å². The summed E-state index contributed by atoms with van der Waals surface area (Å²) >= 11 is 4.00. The summed E-state index contributed by atoms with van der Waals surface area (Å²) in [6.45, 7) is 0.767. The Morgan fingerprint density at radius 3 is 2.35 bits per heavy atom. The van der Waals surface area contributed by atoms with Gasteiger partial charge in [0, 0.05) is 12.1 Å². The quantitative estimate of drug-likeness (QED) is 0.787. The van der Waals surface area contributed by atoms with Crippen molar-refractivity contribution in [3.8, 4) is 0 Å². The number of benzene rings is 2. The van der Waals surface area contributed by atoms with Gasteiger partial charge in [-0.15, -0.1) is 23.5 Å². The molecule has 5 heteroatoms. The molecule has 138 valence electrons. The van der Waals surface area contributed by atoms with Crippen LogP contribution in [0.4, 0.5) is 0 Å². The molecule has 0 spiro atoms. The van der Waals surface area contributed by atoms with E-state index in [-0.39, 0.29) is 11.9 Å². The average molecular weight is 387 g/mol. The predicted octanol–water partition coefficient (Wildman–Crippen LogP) is 4.59. The van der Waals surface area contributed by atoms with E-state index in [1.807, 2.05) is 68.0 Å². The zero-order valence-electron chi connectivity index (χ0n) is 15.4. The van der Waals surface area contributed by atoms with Crippen LogP contribution in [0, 0.1) is 0 Å². The van der Waals surface area contributed by atoms with E-state index in [9.17, 15) is 4.79 Å². The first-order valence-electron chi connectivity index (χ1n) is 8.97. The van der Waals surface area contributed by atoms with Crippen molar-refractivity contribution in [3.63, 3.8) is 0 Å². The van der Waals surface area contributed by atoms with Crippen molar-refractivity contribution in [1.82, 2.24) is 10.2 Å². The molecule has 3 nitrogen and oxygen atoms in total. The van der Waals surface area contributed by atoms with Gasteiger partial charge in [0.1, 0.15) is 0 Å². The Balaban J connectivity index is 1.68. The fourth-order valence-electron chi connectivity index (χ4n) is 3.00.